The van der Waals surface area contributed by atoms with Gasteiger partial charge in [0.1, 0.15) is 11.6 Å². The molecule has 6 nitrogen and oxygen atoms in total. The molecule has 190 valence electrons. The molecule has 0 radical (unpaired) electrons. The molecule has 0 bridgehead atoms. The van der Waals surface area contributed by atoms with Gasteiger partial charge in [-0.05, 0) is 61.7 Å². The largest absolute Gasteiger partial charge is 0.435 e. The summed E-state index contributed by atoms with van der Waals surface area (Å²) in [6.45, 7) is 1.53. The molecule has 1 aliphatic carbocycles. The number of carbonyl (C=O) groups excluding carboxylic acids is 1. The number of aryl methyl sites for hydroxylation is 1. The Morgan fingerprint density at radius 2 is 1.81 bits per heavy atom. The summed E-state index contributed by atoms with van der Waals surface area (Å²) in [5.74, 6) is -2.36. The maximum Gasteiger partial charge on any atom is 0.435 e. The van der Waals surface area contributed by atoms with E-state index in [0.717, 1.165) is 43.2 Å². The quantitative estimate of drug-likeness (QED) is 0.224. The number of alkyl halides is 3. The number of nitrogens with zero attached hydrogens (tertiary/aromatic N) is 3. The first-order valence-corrected chi connectivity index (χ1v) is 11.4. The van der Waals surface area contributed by atoms with Gasteiger partial charge in [-0.25, -0.2) is 13.5 Å². The molecule has 1 amide bonds. The summed E-state index contributed by atoms with van der Waals surface area (Å²) in [5.41, 5.74) is -0.584. The molecule has 36 heavy (non-hydrogen) atoms. The third-order valence-electron chi connectivity index (χ3n) is 5.69. The Morgan fingerprint density at radius 3 is 2.44 bits per heavy atom. The van der Waals surface area contributed by atoms with Gasteiger partial charge in [-0.3, -0.25) is 10.1 Å². The third kappa shape index (κ3) is 6.01. The number of benzene rings is 2. The van der Waals surface area contributed by atoms with Crippen LogP contribution >= 0.6 is 11.6 Å². The Bertz CT molecular complexity index is 1290. The third-order valence-corrected chi connectivity index (χ3v) is 5.91. The SMILES string of the molecule is Cc1cc(F)ccc1C(=O)NC(=Nc1cc(C(F)(F)F)nn1C1CCCC1)Nc1cc(F)cc(Cl)c1. The van der Waals surface area contributed by atoms with Crippen molar-refractivity contribution in [1.82, 2.24) is 15.1 Å². The Kier molecular flexibility index (Phi) is 7.30. The van der Waals surface area contributed by atoms with Gasteiger partial charge >= 0.3 is 6.18 Å². The number of aliphatic imine (C=N–C) groups is 1. The van der Waals surface area contributed by atoms with Gasteiger partial charge in [0.15, 0.2) is 11.5 Å². The highest BCUT2D eigenvalue weighted by molar-refractivity contribution is 6.31. The van der Waals surface area contributed by atoms with Crippen molar-refractivity contribution in [2.24, 2.45) is 4.99 Å². The van der Waals surface area contributed by atoms with Crippen molar-refractivity contribution < 1.29 is 26.7 Å². The lowest BCUT2D eigenvalue weighted by Gasteiger charge is -2.15. The fourth-order valence-corrected chi connectivity index (χ4v) is 4.27. The number of halogens is 6. The number of aromatic nitrogens is 2. The van der Waals surface area contributed by atoms with Crippen molar-refractivity contribution in [1.29, 1.82) is 0 Å². The summed E-state index contributed by atoms with van der Waals surface area (Å²) >= 11 is 5.91. The predicted molar refractivity (Wildman–Crippen MR) is 125 cm³/mol. The van der Waals surface area contributed by atoms with Crippen LogP contribution in [0.4, 0.5) is 33.5 Å². The lowest BCUT2D eigenvalue weighted by molar-refractivity contribution is -0.141. The molecule has 3 aromatic rings. The van der Waals surface area contributed by atoms with E-state index in [2.05, 4.69) is 20.7 Å². The number of hydrogen-bond acceptors (Lipinski definition) is 3. The monoisotopic (exact) mass is 525 g/mol. The Hall–Kier alpha value is -3.47. The molecular formula is C24H21ClF5N5O. The molecule has 0 atom stereocenters. The van der Waals surface area contributed by atoms with Gasteiger partial charge in [-0.2, -0.15) is 23.3 Å². The second kappa shape index (κ2) is 10.3. The Balaban J connectivity index is 1.76. The fraction of sp³-hybridized carbons (Fsp3) is 0.292. The zero-order chi connectivity index (χ0) is 26.0. The molecular weight excluding hydrogens is 505 g/mol. The van der Waals surface area contributed by atoms with Crippen molar-refractivity contribution in [2.75, 3.05) is 5.32 Å². The van der Waals surface area contributed by atoms with E-state index >= 15 is 0 Å². The van der Waals surface area contributed by atoms with E-state index < -0.39 is 29.4 Å². The van der Waals surface area contributed by atoms with Gasteiger partial charge in [-0.15, -0.1) is 0 Å². The van der Waals surface area contributed by atoms with Gasteiger partial charge < -0.3 is 5.32 Å². The molecule has 0 saturated heterocycles. The molecule has 0 unspecified atom stereocenters. The van der Waals surface area contributed by atoms with Crippen LogP contribution in [0, 0.1) is 18.6 Å². The van der Waals surface area contributed by atoms with E-state index in [1.165, 1.54) is 23.7 Å². The minimum absolute atomic E-state index is 0.0490. The van der Waals surface area contributed by atoms with Crippen LogP contribution in [0.15, 0.2) is 47.5 Å². The first kappa shape index (κ1) is 25.6. The number of guanidine groups is 1. The number of hydrogen-bond donors (Lipinski definition) is 2. The minimum Gasteiger partial charge on any atom is -0.325 e. The van der Waals surface area contributed by atoms with E-state index in [1.54, 1.807) is 0 Å². The molecule has 0 aliphatic heterocycles. The molecule has 1 aromatic heterocycles. The average molecular weight is 526 g/mol. The zero-order valence-electron chi connectivity index (χ0n) is 19.0. The number of amides is 1. The topological polar surface area (TPSA) is 71.3 Å². The number of anilines is 1. The maximum absolute atomic E-state index is 13.9. The fourth-order valence-electron chi connectivity index (χ4n) is 4.05. The van der Waals surface area contributed by atoms with Crippen molar-refractivity contribution in [2.45, 2.75) is 44.8 Å². The van der Waals surface area contributed by atoms with Crippen LogP contribution in [0.25, 0.3) is 0 Å². The Labute approximate surface area is 208 Å². The Morgan fingerprint density at radius 1 is 1.08 bits per heavy atom. The van der Waals surface area contributed by atoms with E-state index in [0.29, 0.717) is 18.4 Å². The molecule has 12 heteroatoms. The number of rotatable bonds is 4. The van der Waals surface area contributed by atoms with Crippen molar-refractivity contribution in [3.8, 4) is 0 Å². The molecule has 1 saturated carbocycles. The van der Waals surface area contributed by atoms with Crippen molar-refractivity contribution in [3.05, 3.63) is 75.9 Å². The lowest BCUT2D eigenvalue weighted by atomic mass is 10.1. The van der Waals surface area contributed by atoms with Crippen molar-refractivity contribution in [3.63, 3.8) is 0 Å². The van der Waals surface area contributed by atoms with Gasteiger partial charge in [0, 0.05) is 22.3 Å². The van der Waals surface area contributed by atoms with E-state index in [9.17, 15) is 26.7 Å². The standard InChI is InChI=1S/C24H21ClF5N5O/c1-13-8-15(26)6-7-19(13)22(36)33-23(31-17-10-14(25)9-16(27)11-17)32-21-12-20(24(28,29)30)34-35(21)18-4-2-3-5-18/h6-12,18H,2-5H2,1H3,(H2,31,32,33,36). The highest BCUT2D eigenvalue weighted by Gasteiger charge is 2.36. The smallest absolute Gasteiger partial charge is 0.325 e. The normalized spacial score (nSPS) is 14.8. The first-order valence-electron chi connectivity index (χ1n) is 11.1. The van der Waals surface area contributed by atoms with Crippen LogP contribution < -0.4 is 10.6 Å². The number of nitrogens with one attached hydrogen (secondary N) is 2. The minimum atomic E-state index is -4.70. The lowest BCUT2D eigenvalue weighted by Crippen LogP contribution is -2.36. The van der Waals surface area contributed by atoms with Crippen LogP contribution in [-0.2, 0) is 6.18 Å². The van der Waals surface area contributed by atoms with E-state index in [4.69, 9.17) is 11.6 Å². The van der Waals surface area contributed by atoms with Crippen LogP contribution in [0.5, 0.6) is 0 Å². The van der Waals surface area contributed by atoms with E-state index in [-0.39, 0.29) is 34.1 Å². The second-order valence-electron chi connectivity index (χ2n) is 8.43. The van der Waals surface area contributed by atoms with Crippen LogP contribution in [0.1, 0.15) is 53.3 Å². The summed E-state index contributed by atoms with van der Waals surface area (Å²) in [5, 5.41) is 8.97. The first-order chi connectivity index (χ1) is 17.0. The summed E-state index contributed by atoms with van der Waals surface area (Å²) < 4.78 is 69.0. The van der Waals surface area contributed by atoms with Crippen LogP contribution in [-0.4, -0.2) is 21.6 Å². The molecule has 0 spiro atoms. The average Bonchev–Trinajstić information content (AvgIpc) is 3.42. The van der Waals surface area contributed by atoms with Crippen LogP contribution in [0.2, 0.25) is 5.02 Å². The summed E-state index contributed by atoms with van der Waals surface area (Å²) in [6, 6.07) is 7.51. The molecule has 4 rings (SSSR count). The highest BCUT2D eigenvalue weighted by Crippen LogP contribution is 2.37. The molecule has 1 heterocycles. The van der Waals surface area contributed by atoms with Gasteiger partial charge in [0.2, 0.25) is 5.96 Å². The summed E-state index contributed by atoms with van der Waals surface area (Å²) in [6.07, 6.45) is -1.77. The van der Waals surface area contributed by atoms with Gasteiger partial charge in [-0.1, -0.05) is 24.4 Å². The van der Waals surface area contributed by atoms with Crippen molar-refractivity contribution >= 4 is 35.0 Å². The second-order valence-corrected chi connectivity index (χ2v) is 8.86. The van der Waals surface area contributed by atoms with Gasteiger partial charge in [0.25, 0.3) is 5.91 Å². The predicted octanol–water partition coefficient (Wildman–Crippen LogP) is 6.79. The summed E-state index contributed by atoms with van der Waals surface area (Å²) in [7, 11) is 0. The van der Waals surface area contributed by atoms with Crippen LogP contribution in [0.3, 0.4) is 0 Å². The molecule has 1 fully saturated rings. The molecule has 2 aromatic carbocycles. The summed E-state index contributed by atoms with van der Waals surface area (Å²) in [4.78, 5) is 17.2. The van der Waals surface area contributed by atoms with E-state index in [1.807, 2.05) is 0 Å². The highest BCUT2D eigenvalue weighted by atomic mass is 35.5. The number of carbonyl (C=O) groups is 1. The van der Waals surface area contributed by atoms with Gasteiger partial charge in [0.05, 0.1) is 6.04 Å². The maximum atomic E-state index is 13.9. The zero-order valence-corrected chi connectivity index (χ0v) is 19.7. The molecule has 1 aliphatic rings. The molecule has 2 N–H and O–H groups in total.